The van der Waals surface area contributed by atoms with Gasteiger partial charge in [-0.1, -0.05) is 32.0 Å². The summed E-state index contributed by atoms with van der Waals surface area (Å²) in [6.45, 7) is 8.33. The molecule has 2 aliphatic heterocycles. The zero-order chi connectivity index (χ0) is 18.8. The van der Waals surface area contributed by atoms with Crippen molar-refractivity contribution in [3.8, 4) is 0 Å². The Morgan fingerprint density at radius 3 is 2.81 bits per heavy atom. The highest BCUT2D eigenvalue weighted by Gasteiger charge is 2.42. The molecule has 6 heteroatoms. The Labute approximate surface area is 157 Å². The van der Waals surface area contributed by atoms with Crippen molar-refractivity contribution in [1.29, 1.82) is 0 Å². The first kappa shape index (κ1) is 18.6. The third-order valence-corrected chi connectivity index (χ3v) is 5.40. The topological polar surface area (TPSA) is 64.6 Å². The second-order valence-electron chi connectivity index (χ2n) is 6.49. The van der Waals surface area contributed by atoms with Crippen LogP contribution in [0.2, 0.25) is 0 Å². The smallest absolute Gasteiger partial charge is 0.337 e. The molecule has 0 fully saturated rings. The van der Waals surface area contributed by atoms with Crippen molar-refractivity contribution in [1.82, 2.24) is 5.32 Å². The highest BCUT2D eigenvalue weighted by atomic mass is 32.2. The maximum Gasteiger partial charge on any atom is 0.337 e. The molecule has 0 radical (unpaired) electrons. The molecule has 26 heavy (non-hydrogen) atoms. The number of ether oxygens (including phenoxy) is 2. The molecular weight excluding hydrogens is 350 g/mol. The van der Waals surface area contributed by atoms with Gasteiger partial charge in [-0.25, -0.2) is 9.59 Å². The number of esters is 2. The number of thioether (sulfide) groups is 1. The van der Waals surface area contributed by atoms with E-state index in [0.717, 1.165) is 16.2 Å². The molecule has 2 aliphatic rings. The predicted octanol–water partition coefficient (Wildman–Crippen LogP) is 3.52. The van der Waals surface area contributed by atoms with Crippen LogP contribution in [0.25, 0.3) is 0 Å². The Balaban J connectivity index is 2.17. The molecule has 1 unspecified atom stereocenters. The molecule has 1 aromatic carbocycles. The fourth-order valence-corrected chi connectivity index (χ4v) is 4.32. The molecule has 0 amide bonds. The quantitative estimate of drug-likeness (QED) is 0.629. The van der Waals surface area contributed by atoms with E-state index in [2.05, 4.69) is 19.2 Å². The summed E-state index contributed by atoms with van der Waals surface area (Å²) < 4.78 is 10.5. The van der Waals surface area contributed by atoms with Crippen LogP contribution in [0.1, 0.15) is 39.2 Å². The largest absolute Gasteiger partial charge is 0.463 e. The zero-order valence-corrected chi connectivity index (χ0v) is 16.2. The van der Waals surface area contributed by atoms with Gasteiger partial charge in [-0.05, 0) is 25.5 Å². The van der Waals surface area contributed by atoms with Crippen molar-refractivity contribution in [3.63, 3.8) is 0 Å². The van der Waals surface area contributed by atoms with E-state index in [-0.39, 0.29) is 19.2 Å². The minimum absolute atomic E-state index is 0.206. The lowest BCUT2D eigenvalue weighted by molar-refractivity contribution is -0.138. The van der Waals surface area contributed by atoms with Gasteiger partial charge in [-0.15, -0.1) is 11.8 Å². The van der Waals surface area contributed by atoms with Gasteiger partial charge in [0.25, 0.3) is 0 Å². The van der Waals surface area contributed by atoms with Crippen LogP contribution in [0.15, 0.2) is 51.7 Å². The predicted molar refractivity (Wildman–Crippen MR) is 101 cm³/mol. The average molecular weight is 373 g/mol. The fraction of sp³-hybridized carbons (Fsp3) is 0.400. The molecule has 0 bridgehead atoms. The first-order valence-corrected chi connectivity index (χ1v) is 9.62. The number of benzene rings is 1. The summed E-state index contributed by atoms with van der Waals surface area (Å²) in [7, 11) is 0. The van der Waals surface area contributed by atoms with Gasteiger partial charge in [0.1, 0.15) is 6.61 Å². The number of carbonyl (C=O) groups is 2. The summed E-state index contributed by atoms with van der Waals surface area (Å²) in [5, 5.41) is 3.54. The Hall–Kier alpha value is -2.21. The van der Waals surface area contributed by atoms with Crippen LogP contribution in [-0.2, 0) is 19.1 Å². The van der Waals surface area contributed by atoms with E-state index in [9.17, 15) is 9.59 Å². The van der Waals surface area contributed by atoms with Crippen LogP contribution in [-0.4, -0.2) is 30.4 Å². The zero-order valence-electron chi connectivity index (χ0n) is 15.4. The number of cyclic esters (lactones) is 1. The lowest BCUT2D eigenvalue weighted by Gasteiger charge is -2.29. The Kier molecular flexibility index (Phi) is 5.41. The van der Waals surface area contributed by atoms with E-state index in [1.54, 1.807) is 18.7 Å². The van der Waals surface area contributed by atoms with Crippen LogP contribution in [0.3, 0.4) is 0 Å². The molecule has 0 saturated carbocycles. The third kappa shape index (κ3) is 3.38. The first-order valence-electron chi connectivity index (χ1n) is 8.74. The van der Waals surface area contributed by atoms with Crippen molar-refractivity contribution in [2.24, 2.45) is 0 Å². The number of carbonyl (C=O) groups excluding carboxylic acids is 2. The molecule has 1 N–H and O–H groups in total. The van der Waals surface area contributed by atoms with Gasteiger partial charge < -0.3 is 14.8 Å². The lowest BCUT2D eigenvalue weighted by atomic mass is 9.81. The minimum Gasteiger partial charge on any atom is -0.463 e. The number of hydrogen-bond donors (Lipinski definition) is 1. The highest BCUT2D eigenvalue weighted by molar-refractivity contribution is 8.00. The van der Waals surface area contributed by atoms with Crippen LogP contribution in [0.4, 0.5) is 0 Å². The van der Waals surface area contributed by atoms with Gasteiger partial charge in [-0.2, -0.15) is 0 Å². The first-order chi connectivity index (χ1) is 12.4. The van der Waals surface area contributed by atoms with Crippen molar-refractivity contribution in [2.45, 2.75) is 43.8 Å². The van der Waals surface area contributed by atoms with E-state index < -0.39 is 11.9 Å². The molecule has 5 nitrogen and oxygen atoms in total. The van der Waals surface area contributed by atoms with Crippen molar-refractivity contribution < 1.29 is 19.1 Å². The number of dihydropyridines is 1. The standard InChI is InChI=1S/C20H23NO4S/c1-5-24-19(22)16-12(4)21-14-10-25-20(23)18(14)17(16)13-8-6-7-9-15(13)26-11(2)3/h6-9,11,17,21H,5,10H2,1-4H3. The van der Waals surface area contributed by atoms with Crippen molar-refractivity contribution in [2.75, 3.05) is 13.2 Å². The number of allylic oxidation sites excluding steroid dienone is 1. The Bertz CT molecular complexity index is 810. The normalized spacial score (nSPS) is 19.4. The van der Waals surface area contributed by atoms with Crippen LogP contribution in [0.5, 0.6) is 0 Å². The van der Waals surface area contributed by atoms with E-state index in [0.29, 0.717) is 22.1 Å². The molecule has 1 atom stereocenters. The summed E-state index contributed by atoms with van der Waals surface area (Å²) >= 11 is 1.71. The summed E-state index contributed by atoms with van der Waals surface area (Å²) in [5.41, 5.74) is 3.35. The van der Waals surface area contributed by atoms with Crippen LogP contribution < -0.4 is 5.32 Å². The van der Waals surface area contributed by atoms with Gasteiger partial charge >= 0.3 is 11.9 Å². The summed E-state index contributed by atoms with van der Waals surface area (Å²) in [6.07, 6.45) is 0. The Morgan fingerprint density at radius 2 is 2.12 bits per heavy atom. The molecule has 138 valence electrons. The van der Waals surface area contributed by atoms with E-state index >= 15 is 0 Å². The summed E-state index contributed by atoms with van der Waals surface area (Å²) in [4.78, 5) is 26.2. The monoisotopic (exact) mass is 373 g/mol. The second-order valence-corrected chi connectivity index (χ2v) is 8.11. The molecule has 1 aromatic rings. The molecular formula is C20H23NO4S. The molecule has 0 aromatic heterocycles. The molecule has 0 spiro atoms. The number of rotatable bonds is 5. The minimum atomic E-state index is -0.484. The number of hydrogen-bond acceptors (Lipinski definition) is 6. The van der Waals surface area contributed by atoms with Gasteiger partial charge in [0.2, 0.25) is 0 Å². The van der Waals surface area contributed by atoms with Crippen LogP contribution >= 0.6 is 11.8 Å². The maximum atomic E-state index is 12.7. The van der Waals surface area contributed by atoms with Crippen molar-refractivity contribution in [3.05, 3.63) is 52.4 Å². The molecule has 3 rings (SSSR count). The lowest BCUT2D eigenvalue weighted by Crippen LogP contribution is -2.30. The second kappa shape index (κ2) is 7.58. The van der Waals surface area contributed by atoms with Gasteiger partial charge in [0, 0.05) is 15.8 Å². The van der Waals surface area contributed by atoms with Crippen molar-refractivity contribution >= 4 is 23.7 Å². The average Bonchev–Trinajstić information content (AvgIpc) is 2.94. The van der Waals surface area contributed by atoms with Gasteiger partial charge in [-0.3, -0.25) is 0 Å². The van der Waals surface area contributed by atoms with Gasteiger partial charge in [0.05, 0.1) is 29.4 Å². The van der Waals surface area contributed by atoms with E-state index in [4.69, 9.17) is 9.47 Å². The fourth-order valence-electron chi connectivity index (χ4n) is 3.34. The molecule has 2 heterocycles. The van der Waals surface area contributed by atoms with E-state index in [1.807, 2.05) is 31.2 Å². The van der Waals surface area contributed by atoms with Gasteiger partial charge in [0.15, 0.2) is 0 Å². The van der Waals surface area contributed by atoms with E-state index in [1.165, 1.54) is 0 Å². The Morgan fingerprint density at radius 1 is 1.38 bits per heavy atom. The SMILES string of the molecule is CCOC(=O)C1=C(C)NC2=C(C(=O)OC2)C1c1ccccc1SC(C)C. The molecule has 0 saturated heterocycles. The molecule has 0 aliphatic carbocycles. The highest BCUT2D eigenvalue weighted by Crippen LogP contribution is 2.44. The maximum absolute atomic E-state index is 12.7. The number of nitrogens with one attached hydrogen (secondary N) is 1. The van der Waals surface area contributed by atoms with Crippen LogP contribution in [0, 0.1) is 0 Å². The summed E-state index contributed by atoms with van der Waals surface area (Å²) in [5.74, 6) is -1.27. The summed E-state index contributed by atoms with van der Waals surface area (Å²) in [6, 6.07) is 7.91. The third-order valence-electron chi connectivity index (χ3n) is 4.30.